The highest BCUT2D eigenvalue weighted by Crippen LogP contribution is 2.25. The number of nitriles is 1. The smallest absolute Gasteiger partial charge is 0.0992 e. The SMILES string of the molecule is N#Cc1ccc(Cn2cc(CO)c3ccccc32)c(Cl)c1. The molecule has 1 aromatic heterocycles. The topological polar surface area (TPSA) is 49.0 Å². The molecule has 1 heterocycles. The molecule has 4 heteroatoms. The average Bonchev–Trinajstić information content (AvgIpc) is 2.87. The number of halogens is 1. The molecule has 104 valence electrons. The van der Waals surface area contributed by atoms with Crippen LogP contribution in [0.2, 0.25) is 5.02 Å². The maximum Gasteiger partial charge on any atom is 0.0992 e. The third-order valence-electron chi connectivity index (χ3n) is 3.56. The molecule has 0 fully saturated rings. The fourth-order valence-electron chi connectivity index (χ4n) is 2.51. The number of fused-ring (bicyclic) bond motifs is 1. The molecule has 0 atom stereocenters. The Morgan fingerprint density at radius 1 is 1.14 bits per heavy atom. The second-order valence-corrected chi connectivity index (χ2v) is 5.28. The van der Waals surface area contributed by atoms with Crippen LogP contribution in [0.15, 0.2) is 48.7 Å². The number of aliphatic hydroxyl groups is 1. The van der Waals surface area contributed by atoms with Crippen molar-refractivity contribution in [2.24, 2.45) is 0 Å². The first-order chi connectivity index (χ1) is 10.2. The zero-order valence-corrected chi connectivity index (χ0v) is 12.0. The van der Waals surface area contributed by atoms with Crippen LogP contribution in [-0.2, 0) is 13.2 Å². The molecule has 3 nitrogen and oxygen atoms in total. The highest BCUT2D eigenvalue weighted by Gasteiger charge is 2.09. The van der Waals surface area contributed by atoms with E-state index >= 15 is 0 Å². The molecular formula is C17H13ClN2O. The molecule has 0 unspecified atom stereocenters. The Hall–Kier alpha value is -2.28. The fourth-order valence-corrected chi connectivity index (χ4v) is 2.75. The van der Waals surface area contributed by atoms with Crippen LogP contribution in [0.25, 0.3) is 10.9 Å². The van der Waals surface area contributed by atoms with Crippen LogP contribution in [0.4, 0.5) is 0 Å². The summed E-state index contributed by atoms with van der Waals surface area (Å²) < 4.78 is 2.06. The molecule has 0 saturated carbocycles. The predicted molar refractivity (Wildman–Crippen MR) is 83.1 cm³/mol. The maximum atomic E-state index is 9.46. The van der Waals surface area contributed by atoms with Crippen molar-refractivity contribution >= 4 is 22.5 Å². The molecule has 0 aliphatic rings. The molecule has 0 radical (unpaired) electrons. The Bertz CT molecular complexity index is 846. The second kappa shape index (κ2) is 5.61. The Balaban J connectivity index is 2.04. The van der Waals surface area contributed by atoms with Gasteiger partial charge in [-0.05, 0) is 23.8 Å². The third-order valence-corrected chi connectivity index (χ3v) is 3.92. The largest absolute Gasteiger partial charge is 0.392 e. The van der Waals surface area contributed by atoms with Gasteiger partial charge in [-0.15, -0.1) is 0 Å². The van der Waals surface area contributed by atoms with Gasteiger partial charge in [0.15, 0.2) is 0 Å². The summed E-state index contributed by atoms with van der Waals surface area (Å²) in [5.41, 5.74) is 3.45. The molecule has 1 N–H and O–H groups in total. The van der Waals surface area contributed by atoms with E-state index in [1.54, 1.807) is 12.1 Å². The third kappa shape index (κ3) is 2.52. The number of nitrogens with zero attached hydrogens (tertiary/aromatic N) is 2. The molecule has 21 heavy (non-hydrogen) atoms. The zero-order valence-electron chi connectivity index (χ0n) is 11.3. The number of hydrogen-bond donors (Lipinski definition) is 1. The van der Waals surface area contributed by atoms with Crippen molar-refractivity contribution in [3.8, 4) is 6.07 Å². The van der Waals surface area contributed by atoms with Gasteiger partial charge in [0.1, 0.15) is 0 Å². The fraction of sp³-hybridized carbons (Fsp3) is 0.118. The molecule has 3 rings (SSSR count). The quantitative estimate of drug-likeness (QED) is 0.801. The lowest BCUT2D eigenvalue weighted by Gasteiger charge is -2.08. The van der Waals surface area contributed by atoms with Gasteiger partial charge >= 0.3 is 0 Å². The van der Waals surface area contributed by atoms with Gasteiger partial charge in [-0.2, -0.15) is 5.26 Å². The van der Waals surface area contributed by atoms with Gasteiger partial charge in [-0.25, -0.2) is 0 Å². The van der Waals surface area contributed by atoms with Crippen LogP contribution in [0, 0.1) is 11.3 Å². The summed E-state index contributed by atoms with van der Waals surface area (Å²) in [6.45, 7) is 0.611. The monoisotopic (exact) mass is 296 g/mol. The van der Waals surface area contributed by atoms with E-state index in [-0.39, 0.29) is 6.61 Å². The number of benzene rings is 2. The first-order valence-electron chi connectivity index (χ1n) is 6.59. The van der Waals surface area contributed by atoms with E-state index < -0.39 is 0 Å². The van der Waals surface area contributed by atoms with E-state index in [4.69, 9.17) is 16.9 Å². The van der Waals surface area contributed by atoms with Gasteiger partial charge in [0.25, 0.3) is 0 Å². The summed E-state index contributed by atoms with van der Waals surface area (Å²) >= 11 is 6.24. The molecular weight excluding hydrogens is 284 g/mol. The average molecular weight is 297 g/mol. The summed E-state index contributed by atoms with van der Waals surface area (Å²) in [5, 5.41) is 20.0. The first kappa shape index (κ1) is 13.7. The van der Waals surface area contributed by atoms with Gasteiger partial charge in [-0.3, -0.25) is 0 Å². The van der Waals surface area contributed by atoms with Crippen molar-refractivity contribution in [2.75, 3.05) is 0 Å². The molecule has 0 amide bonds. The lowest BCUT2D eigenvalue weighted by atomic mass is 10.1. The molecule has 0 spiro atoms. The van der Waals surface area contributed by atoms with Gasteiger partial charge in [-0.1, -0.05) is 35.9 Å². The molecule has 0 aliphatic heterocycles. The summed E-state index contributed by atoms with van der Waals surface area (Å²) in [6.07, 6.45) is 1.94. The lowest BCUT2D eigenvalue weighted by Crippen LogP contribution is -1.99. The highest BCUT2D eigenvalue weighted by atomic mass is 35.5. The van der Waals surface area contributed by atoms with Crippen LogP contribution in [0.5, 0.6) is 0 Å². The summed E-state index contributed by atoms with van der Waals surface area (Å²) in [4.78, 5) is 0. The normalized spacial score (nSPS) is 10.7. The number of aromatic nitrogens is 1. The molecule has 2 aromatic carbocycles. The number of para-hydroxylation sites is 1. The Morgan fingerprint density at radius 3 is 2.67 bits per heavy atom. The van der Waals surface area contributed by atoms with E-state index in [0.29, 0.717) is 17.1 Å². The van der Waals surface area contributed by atoms with Crippen molar-refractivity contribution in [3.63, 3.8) is 0 Å². The standard InChI is InChI=1S/C17H13ClN2O/c18-16-7-12(8-19)5-6-13(16)9-20-10-14(11-21)15-3-1-2-4-17(15)20/h1-7,10,21H,9,11H2. The minimum Gasteiger partial charge on any atom is -0.392 e. The van der Waals surface area contributed by atoms with Crippen LogP contribution < -0.4 is 0 Å². The van der Waals surface area contributed by atoms with Crippen LogP contribution in [-0.4, -0.2) is 9.67 Å². The Labute approximate surface area is 127 Å². The maximum absolute atomic E-state index is 9.46. The Morgan fingerprint density at radius 2 is 1.95 bits per heavy atom. The van der Waals surface area contributed by atoms with Gasteiger partial charge in [0.2, 0.25) is 0 Å². The number of rotatable bonds is 3. The summed E-state index contributed by atoms with van der Waals surface area (Å²) in [5.74, 6) is 0. The minimum atomic E-state index is 0.00855. The number of hydrogen-bond acceptors (Lipinski definition) is 2. The van der Waals surface area contributed by atoms with Crippen molar-refractivity contribution in [2.45, 2.75) is 13.2 Å². The van der Waals surface area contributed by atoms with Crippen molar-refractivity contribution < 1.29 is 5.11 Å². The second-order valence-electron chi connectivity index (χ2n) is 4.88. The summed E-state index contributed by atoms with van der Waals surface area (Å²) in [6, 6.07) is 15.3. The first-order valence-corrected chi connectivity index (χ1v) is 6.97. The van der Waals surface area contributed by atoms with Crippen LogP contribution >= 0.6 is 11.6 Å². The summed E-state index contributed by atoms with van der Waals surface area (Å²) in [7, 11) is 0. The Kier molecular flexibility index (Phi) is 3.66. The van der Waals surface area contributed by atoms with Crippen LogP contribution in [0.1, 0.15) is 16.7 Å². The van der Waals surface area contributed by atoms with Crippen molar-refractivity contribution in [1.82, 2.24) is 4.57 Å². The van der Waals surface area contributed by atoms with Crippen molar-refractivity contribution in [1.29, 1.82) is 5.26 Å². The van der Waals surface area contributed by atoms with E-state index in [1.807, 2.05) is 36.5 Å². The zero-order chi connectivity index (χ0) is 14.8. The van der Waals surface area contributed by atoms with E-state index in [0.717, 1.165) is 22.0 Å². The van der Waals surface area contributed by atoms with Crippen LogP contribution in [0.3, 0.4) is 0 Å². The molecule has 3 aromatic rings. The lowest BCUT2D eigenvalue weighted by molar-refractivity contribution is 0.283. The van der Waals surface area contributed by atoms with E-state index in [1.165, 1.54) is 0 Å². The molecule has 0 aliphatic carbocycles. The van der Waals surface area contributed by atoms with Crippen molar-refractivity contribution in [3.05, 3.63) is 70.4 Å². The highest BCUT2D eigenvalue weighted by molar-refractivity contribution is 6.31. The minimum absolute atomic E-state index is 0.00855. The van der Waals surface area contributed by atoms with Gasteiger partial charge in [0.05, 0.1) is 18.2 Å². The molecule has 0 saturated heterocycles. The molecule has 0 bridgehead atoms. The number of aliphatic hydroxyl groups excluding tert-OH is 1. The van der Waals surface area contributed by atoms with E-state index in [2.05, 4.69) is 10.6 Å². The van der Waals surface area contributed by atoms with Gasteiger partial charge < -0.3 is 9.67 Å². The predicted octanol–water partition coefficient (Wildman–Crippen LogP) is 3.71. The van der Waals surface area contributed by atoms with Gasteiger partial charge in [0, 0.05) is 34.2 Å². The van der Waals surface area contributed by atoms with E-state index in [9.17, 15) is 5.11 Å².